The molecule has 2 aliphatic rings. The van der Waals surface area contributed by atoms with Crippen LogP contribution in [0.25, 0.3) is 0 Å². The number of aliphatic hydroxyl groups is 1. The Labute approximate surface area is 276 Å². The number of carboxylic acid groups (broad SMARTS) is 1. The normalized spacial score (nSPS) is 19.2. The standard InChI is InChI=1S/C37H44N2O6S/c1-26-10-15-30(36(2,3)4)32(24-26)46-33-31(40)25-37(45-34(33)41,17-16-27-8-6-5-7-9-27)28-11-13-29(14-12-28)44-23-22-38-18-20-39(21-19-38)35(42)43/h5-15,24,40H,16-23,25H2,1-4H3,(H,42,43). The molecule has 0 aliphatic carbocycles. The molecule has 0 radical (unpaired) electrons. The highest BCUT2D eigenvalue weighted by Gasteiger charge is 2.44. The summed E-state index contributed by atoms with van der Waals surface area (Å²) in [6.45, 7) is 12.0. The molecule has 2 aliphatic heterocycles. The highest BCUT2D eigenvalue weighted by Crippen LogP contribution is 2.46. The summed E-state index contributed by atoms with van der Waals surface area (Å²) in [6, 6.07) is 23.9. The van der Waals surface area contributed by atoms with Crippen LogP contribution in [0.3, 0.4) is 0 Å². The van der Waals surface area contributed by atoms with Crippen molar-refractivity contribution in [3.05, 3.63) is 106 Å². The molecular weight excluding hydrogens is 600 g/mol. The van der Waals surface area contributed by atoms with Gasteiger partial charge in [0.1, 0.15) is 28.6 Å². The van der Waals surface area contributed by atoms with Crippen molar-refractivity contribution in [3.8, 4) is 5.75 Å². The largest absolute Gasteiger partial charge is 0.511 e. The van der Waals surface area contributed by atoms with Gasteiger partial charge in [0, 0.05) is 37.6 Å². The number of aryl methyl sites for hydroxylation is 2. The van der Waals surface area contributed by atoms with Gasteiger partial charge < -0.3 is 24.6 Å². The molecule has 1 amide bonds. The van der Waals surface area contributed by atoms with E-state index in [0.29, 0.717) is 57.9 Å². The van der Waals surface area contributed by atoms with Gasteiger partial charge in [-0.05, 0) is 65.6 Å². The Morgan fingerprint density at radius 1 is 1.00 bits per heavy atom. The zero-order valence-corrected chi connectivity index (χ0v) is 27.9. The number of esters is 1. The first-order valence-electron chi connectivity index (χ1n) is 15.9. The molecule has 1 atom stereocenters. The van der Waals surface area contributed by atoms with Crippen molar-refractivity contribution in [2.45, 2.75) is 62.9 Å². The predicted octanol–water partition coefficient (Wildman–Crippen LogP) is 7.30. The number of hydrogen-bond donors (Lipinski definition) is 2. The second-order valence-corrected chi connectivity index (χ2v) is 14.2. The van der Waals surface area contributed by atoms with Crippen LogP contribution in [0.4, 0.5) is 4.79 Å². The minimum absolute atomic E-state index is 0.0407. The first-order valence-corrected chi connectivity index (χ1v) is 16.7. The fourth-order valence-electron chi connectivity index (χ4n) is 6.02. The van der Waals surface area contributed by atoms with E-state index in [1.807, 2.05) is 49.4 Å². The molecule has 0 spiro atoms. The average Bonchev–Trinajstić information content (AvgIpc) is 3.02. The molecule has 0 saturated carbocycles. The fourth-order valence-corrected chi connectivity index (χ4v) is 7.28. The van der Waals surface area contributed by atoms with Crippen LogP contribution in [-0.2, 0) is 27.0 Å². The molecule has 5 rings (SSSR count). The van der Waals surface area contributed by atoms with Crippen molar-refractivity contribution >= 4 is 23.8 Å². The molecule has 0 aromatic heterocycles. The number of nitrogens with zero attached hydrogens (tertiary/aromatic N) is 2. The van der Waals surface area contributed by atoms with Gasteiger partial charge in [-0.2, -0.15) is 0 Å². The summed E-state index contributed by atoms with van der Waals surface area (Å²) in [6.07, 6.45) is 0.474. The van der Waals surface area contributed by atoms with Crippen molar-refractivity contribution in [3.63, 3.8) is 0 Å². The molecule has 8 nitrogen and oxygen atoms in total. The fraction of sp³-hybridized carbons (Fsp3) is 0.405. The smallest absolute Gasteiger partial charge is 0.407 e. The van der Waals surface area contributed by atoms with Crippen LogP contribution in [-0.4, -0.2) is 71.4 Å². The lowest BCUT2D eigenvalue weighted by molar-refractivity contribution is -0.160. The minimum atomic E-state index is -1.04. The van der Waals surface area contributed by atoms with Gasteiger partial charge in [-0.15, -0.1) is 0 Å². The van der Waals surface area contributed by atoms with Gasteiger partial charge in [0.05, 0.1) is 6.42 Å². The van der Waals surface area contributed by atoms with Crippen molar-refractivity contribution in [2.75, 3.05) is 39.3 Å². The first-order chi connectivity index (χ1) is 21.9. The molecule has 46 heavy (non-hydrogen) atoms. The first kappa shape index (κ1) is 33.4. The Balaban J connectivity index is 1.33. The lowest BCUT2D eigenvalue weighted by atomic mass is 9.82. The number of piperazine rings is 1. The van der Waals surface area contributed by atoms with Crippen molar-refractivity contribution in [1.82, 2.24) is 9.80 Å². The van der Waals surface area contributed by atoms with E-state index >= 15 is 0 Å². The Morgan fingerprint density at radius 3 is 2.33 bits per heavy atom. The number of cyclic esters (lactones) is 1. The Hall–Kier alpha value is -3.95. The van der Waals surface area contributed by atoms with E-state index in [2.05, 4.69) is 56.0 Å². The molecule has 1 unspecified atom stereocenters. The van der Waals surface area contributed by atoms with E-state index in [1.165, 1.54) is 16.7 Å². The van der Waals surface area contributed by atoms with Crippen molar-refractivity contribution in [1.29, 1.82) is 0 Å². The van der Waals surface area contributed by atoms with Crippen LogP contribution in [0.15, 0.2) is 88.4 Å². The van der Waals surface area contributed by atoms with Gasteiger partial charge in [0.15, 0.2) is 0 Å². The van der Waals surface area contributed by atoms with E-state index in [1.54, 1.807) is 0 Å². The van der Waals surface area contributed by atoms with Crippen molar-refractivity contribution < 1.29 is 29.3 Å². The molecule has 1 fully saturated rings. The molecule has 9 heteroatoms. The summed E-state index contributed by atoms with van der Waals surface area (Å²) >= 11 is 1.28. The van der Waals surface area contributed by atoms with Crippen LogP contribution < -0.4 is 4.74 Å². The zero-order chi connectivity index (χ0) is 32.9. The number of benzene rings is 3. The number of carbonyl (C=O) groups excluding carboxylic acids is 1. The molecule has 244 valence electrons. The quantitative estimate of drug-likeness (QED) is 0.222. The molecule has 3 aromatic rings. The second kappa shape index (κ2) is 14.2. The summed E-state index contributed by atoms with van der Waals surface area (Å²) in [7, 11) is 0. The van der Waals surface area contributed by atoms with E-state index < -0.39 is 17.7 Å². The van der Waals surface area contributed by atoms with Gasteiger partial charge in [-0.25, -0.2) is 9.59 Å². The van der Waals surface area contributed by atoms with E-state index in [0.717, 1.165) is 27.1 Å². The lowest BCUT2D eigenvalue weighted by Gasteiger charge is -2.38. The van der Waals surface area contributed by atoms with Crippen LogP contribution >= 0.6 is 11.8 Å². The number of aliphatic hydroxyl groups excluding tert-OH is 1. The highest BCUT2D eigenvalue weighted by molar-refractivity contribution is 8.04. The third-order valence-electron chi connectivity index (χ3n) is 8.71. The summed E-state index contributed by atoms with van der Waals surface area (Å²) in [4.78, 5) is 29.7. The average molecular weight is 645 g/mol. The van der Waals surface area contributed by atoms with E-state index in [-0.39, 0.29) is 22.5 Å². The Kier molecular flexibility index (Phi) is 10.3. The maximum atomic E-state index is 13.7. The summed E-state index contributed by atoms with van der Waals surface area (Å²) in [5.41, 5.74) is 2.94. The zero-order valence-electron chi connectivity index (χ0n) is 27.1. The number of amides is 1. The summed E-state index contributed by atoms with van der Waals surface area (Å²) < 4.78 is 12.4. The molecule has 1 saturated heterocycles. The van der Waals surface area contributed by atoms with Gasteiger partial charge in [0.2, 0.25) is 0 Å². The third-order valence-corrected chi connectivity index (χ3v) is 9.87. The summed E-state index contributed by atoms with van der Waals surface area (Å²) in [5.74, 6) is 0.212. The summed E-state index contributed by atoms with van der Waals surface area (Å²) in [5, 5.41) is 20.7. The number of thioether (sulfide) groups is 1. The van der Waals surface area contributed by atoms with Crippen LogP contribution in [0.5, 0.6) is 5.75 Å². The van der Waals surface area contributed by atoms with Crippen LogP contribution in [0.2, 0.25) is 0 Å². The molecule has 0 bridgehead atoms. The van der Waals surface area contributed by atoms with Gasteiger partial charge >= 0.3 is 12.1 Å². The van der Waals surface area contributed by atoms with Gasteiger partial charge in [-0.3, -0.25) is 4.90 Å². The Morgan fingerprint density at radius 2 is 1.70 bits per heavy atom. The van der Waals surface area contributed by atoms with Crippen molar-refractivity contribution in [2.24, 2.45) is 0 Å². The number of carbonyl (C=O) groups is 2. The highest BCUT2D eigenvalue weighted by atomic mass is 32.2. The van der Waals surface area contributed by atoms with E-state index in [4.69, 9.17) is 14.6 Å². The number of ether oxygens (including phenoxy) is 2. The maximum absolute atomic E-state index is 13.7. The Bertz CT molecular complexity index is 1560. The van der Waals surface area contributed by atoms with E-state index in [9.17, 15) is 14.7 Å². The van der Waals surface area contributed by atoms with Gasteiger partial charge in [-0.1, -0.05) is 87.1 Å². The molecular formula is C37H44N2O6S. The molecule has 3 aromatic carbocycles. The van der Waals surface area contributed by atoms with Crippen LogP contribution in [0, 0.1) is 6.92 Å². The topological polar surface area (TPSA) is 99.5 Å². The lowest BCUT2D eigenvalue weighted by Crippen LogP contribution is -2.49. The number of hydrogen-bond acceptors (Lipinski definition) is 7. The SMILES string of the molecule is Cc1ccc(C(C)(C)C)c(SC2=C(O)CC(CCc3ccccc3)(c3ccc(OCCN4CCN(C(=O)O)CC4)cc3)OC2=O)c1. The monoisotopic (exact) mass is 644 g/mol. The molecule has 2 heterocycles. The second-order valence-electron chi connectivity index (χ2n) is 13.2. The van der Waals surface area contributed by atoms with Crippen LogP contribution in [0.1, 0.15) is 55.9 Å². The maximum Gasteiger partial charge on any atom is 0.407 e. The predicted molar refractivity (Wildman–Crippen MR) is 181 cm³/mol. The van der Waals surface area contributed by atoms with Gasteiger partial charge in [0.25, 0.3) is 0 Å². The minimum Gasteiger partial charge on any atom is -0.511 e. The number of rotatable bonds is 10. The molecule has 2 N–H and O–H groups in total. The third kappa shape index (κ3) is 8.06.